The summed E-state index contributed by atoms with van der Waals surface area (Å²) in [6, 6.07) is 0. The lowest BCUT2D eigenvalue weighted by molar-refractivity contribution is 0.0184. The highest BCUT2D eigenvalue weighted by Crippen LogP contribution is 2.19. The molecule has 0 aromatic heterocycles. The molecular weight excluding hydrogens is 214 g/mol. The minimum atomic E-state index is 0.225. The Morgan fingerprint density at radius 1 is 1.35 bits per heavy atom. The third kappa shape index (κ3) is 4.54. The monoisotopic (exact) mass is 243 g/mol. The molecule has 1 aliphatic heterocycles. The highest BCUT2D eigenvalue weighted by molar-refractivity contribution is 4.88. The van der Waals surface area contributed by atoms with Gasteiger partial charge in [-0.25, -0.2) is 0 Å². The molecule has 0 aromatic rings. The molecule has 1 rings (SSSR count). The van der Waals surface area contributed by atoms with Crippen molar-refractivity contribution in [2.24, 2.45) is 5.73 Å². The van der Waals surface area contributed by atoms with Crippen LogP contribution in [0.15, 0.2) is 0 Å². The van der Waals surface area contributed by atoms with Gasteiger partial charge in [-0.15, -0.1) is 0 Å². The molecule has 1 heterocycles. The van der Waals surface area contributed by atoms with Gasteiger partial charge in [-0.05, 0) is 34.2 Å². The van der Waals surface area contributed by atoms with E-state index in [-0.39, 0.29) is 11.6 Å². The van der Waals surface area contributed by atoms with Gasteiger partial charge in [-0.2, -0.15) is 0 Å². The van der Waals surface area contributed by atoms with E-state index >= 15 is 0 Å². The Morgan fingerprint density at radius 2 is 2.06 bits per heavy atom. The van der Waals surface area contributed by atoms with Crippen LogP contribution < -0.4 is 5.73 Å². The van der Waals surface area contributed by atoms with Gasteiger partial charge in [-0.1, -0.05) is 0 Å². The molecule has 0 aliphatic carbocycles. The molecule has 2 N–H and O–H groups in total. The summed E-state index contributed by atoms with van der Waals surface area (Å²) in [4.78, 5) is 4.97. The average Bonchev–Trinajstić information content (AvgIpc) is 2.28. The van der Waals surface area contributed by atoms with Crippen LogP contribution in [0.5, 0.6) is 0 Å². The summed E-state index contributed by atoms with van der Waals surface area (Å²) in [7, 11) is 2.21. The van der Waals surface area contributed by atoms with Gasteiger partial charge in [0.2, 0.25) is 0 Å². The van der Waals surface area contributed by atoms with Crippen molar-refractivity contribution in [2.75, 3.05) is 46.4 Å². The van der Waals surface area contributed by atoms with E-state index < -0.39 is 0 Å². The van der Waals surface area contributed by atoms with Gasteiger partial charge in [0.15, 0.2) is 0 Å². The normalized spacial score (nSPS) is 23.8. The maximum absolute atomic E-state index is 5.70. The van der Waals surface area contributed by atoms with E-state index in [2.05, 4.69) is 30.7 Å². The molecule has 4 nitrogen and oxygen atoms in total. The van der Waals surface area contributed by atoms with Crippen LogP contribution in [0.3, 0.4) is 0 Å². The molecule has 0 bridgehead atoms. The topological polar surface area (TPSA) is 41.7 Å². The molecule has 0 radical (unpaired) electrons. The third-order valence-electron chi connectivity index (χ3n) is 3.83. The van der Waals surface area contributed by atoms with Crippen molar-refractivity contribution in [2.45, 2.75) is 38.8 Å². The molecule has 0 saturated carbocycles. The SMILES string of the molecule is CCOC(CN)CCN1CCN(C)C(C)(C)C1. The van der Waals surface area contributed by atoms with Crippen LogP contribution in [0.1, 0.15) is 27.2 Å². The molecule has 1 aliphatic rings. The van der Waals surface area contributed by atoms with Crippen LogP contribution in [0.4, 0.5) is 0 Å². The lowest BCUT2D eigenvalue weighted by Gasteiger charge is -2.45. The van der Waals surface area contributed by atoms with Crippen molar-refractivity contribution in [3.63, 3.8) is 0 Å². The summed E-state index contributed by atoms with van der Waals surface area (Å²) < 4.78 is 5.59. The predicted octanol–water partition coefficient (Wildman–Crippen LogP) is 0.766. The minimum absolute atomic E-state index is 0.225. The quantitative estimate of drug-likeness (QED) is 0.748. The molecule has 1 saturated heterocycles. The first-order valence-corrected chi connectivity index (χ1v) is 6.75. The maximum Gasteiger partial charge on any atom is 0.0709 e. The first kappa shape index (κ1) is 14.9. The summed E-state index contributed by atoms with van der Waals surface area (Å²) in [5.74, 6) is 0. The van der Waals surface area contributed by atoms with Gasteiger partial charge in [0.25, 0.3) is 0 Å². The average molecular weight is 243 g/mol. The van der Waals surface area contributed by atoms with Crippen molar-refractivity contribution >= 4 is 0 Å². The Labute approximate surface area is 106 Å². The van der Waals surface area contributed by atoms with Crippen molar-refractivity contribution in [3.05, 3.63) is 0 Å². The second-order valence-corrected chi connectivity index (χ2v) is 5.61. The number of rotatable bonds is 6. The van der Waals surface area contributed by atoms with Gasteiger partial charge < -0.3 is 15.4 Å². The summed E-state index contributed by atoms with van der Waals surface area (Å²) in [6.07, 6.45) is 1.27. The van der Waals surface area contributed by atoms with Gasteiger partial charge in [0.05, 0.1) is 6.10 Å². The lowest BCUT2D eigenvalue weighted by atomic mass is 9.99. The van der Waals surface area contributed by atoms with Crippen molar-refractivity contribution in [1.29, 1.82) is 0 Å². The molecule has 0 spiro atoms. The second kappa shape index (κ2) is 6.69. The number of hydrogen-bond donors (Lipinski definition) is 1. The number of hydrogen-bond acceptors (Lipinski definition) is 4. The van der Waals surface area contributed by atoms with Crippen molar-refractivity contribution < 1.29 is 4.74 Å². The molecule has 1 unspecified atom stereocenters. The van der Waals surface area contributed by atoms with Gasteiger partial charge >= 0.3 is 0 Å². The Balaban J connectivity index is 2.32. The molecule has 1 atom stereocenters. The highest BCUT2D eigenvalue weighted by Gasteiger charge is 2.30. The minimum Gasteiger partial charge on any atom is -0.377 e. The summed E-state index contributed by atoms with van der Waals surface area (Å²) in [6.45, 7) is 12.6. The summed E-state index contributed by atoms with van der Waals surface area (Å²) in [5, 5.41) is 0. The van der Waals surface area contributed by atoms with Crippen LogP contribution in [0.2, 0.25) is 0 Å². The standard InChI is InChI=1S/C13H29N3O/c1-5-17-12(10-14)6-7-16-9-8-15(4)13(2,3)11-16/h12H,5-11,14H2,1-4H3. The van der Waals surface area contributed by atoms with E-state index in [4.69, 9.17) is 10.5 Å². The third-order valence-corrected chi connectivity index (χ3v) is 3.83. The van der Waals surface area contributed by atoms with Crippen molar-refractivity contribution in [3.8, 4) is 0 Å². The van der Waals surface area contributed by atoms with Crippen LogP contribution >= 0.6 is 0 Å². The molecule has 4 heteroatoms. The zero-order valence-corrected chi connectivity index (χ0v) is 11.9. The molecule has 102 valence electrons. The molecule has 1 fully saturated rings. The van der Waals surface area contributed by atoms with Crippen LogP contribution in [-0.2, 0) is 4.74 Å². The molecule has 0 aromatic carbocycles. The van der Waals surface area contributed by atoms with Crippen LogP contribution in [0, 0.1) is 0 Å². The predicted molar refractivity (Wildman–Crippen MR) is 72.2 cm³/mol. The number of nitrogens with zero attached hydrogens (tertiary/aromatic N) is 2. The largest absolute Gasteiger partial charge is 0.377 e. The van der Waals surface area contributed by atoms with E-state index in [0.717, 1.165) is 39.2 Å². The van der Waals surface area contributed by atoms with Crippen LogP contribution in [-0.4, -0.2) is 67.8 Å². The number of piperazine rings is 1. The lowest BCUT2D eigenvalue weighted by Crippen LogP contribution is -2.57. The fourth-order valence-corrected chi connectivity index (χ4v) is 2.36. The summed E-state index contributed by atoms with van der Waals surface area (Å²) >= 11 is 0. The van der Waals surface area contributed by atoms with E-state index in [1.54, 1.807) is 0 Å². The molecule has 0 amide bonds. The Hall–Kier alpha value is -0.160. The number of ether oxygens (including phenoxy) is 1. The highest BCUT2D eigenvalue weighted by atomic mass is 16.5. The van der Waals surface area contributed by atoms with Gasteiger partial charge in [0.1, 0.15) is 0 Å². The Bertz CT molecular complexity index is 221. The van der Waals surface area contributed by atoms with E-state index in [1.807, 2.05) is 6.92 Å². The molecular formula is C13H29N3O. The number of likely N-dealkylation sites (N-methyl/N-ethyl adjacent to an activating group) is 1. The van der Waals surface area contributed by atoms with Gasteiger partial charge in [0, 0.05) is 44.9 Å². The zero-order valence-electron chi connectivity index (χ0n) is 11.9. The van der Waals surface area contributed by atoms with Gasteiger partial charge in [-0.3, -0.25) is 4.90 Å². The smallest absolute Gasteiger partial charge is 0.0709 e. The molecule has 17 heavy (non-hydrogen) atoms. The number of nitrogens with two attached hydrogens (primary N) is 1. The zero-order chi connectivity index (χ0) is 12.9. The van der Waals surface area contributed by atoms with E-state index in [0.29, 0.717) is 6.54 Å². The fraction of sp³-hybridized carbons (Fsp3) is 1.00. The van der Waals surface area contributed by atoms with E-state index in [9.17, 15) is 0 Å². The first-order valence-electron chi connectivity index (χ1n) is 6.75. The summed E-state index contributed by atoms with van der Waals surface area (Å²) in [5.41, 5.74) is 5.98. The van der Waals surface area contributed by atoms with Crippen LogP contribution in [0.25, 0.3) is 0 Å². The van der Waals surface area contributed by atoms with E-state index in [1.165, 1.54) is 0 Å². The Kier molecular flexibility index (Phi) is 5.86. The second-order valence-electron chi connectivity index (χ2n) is 5.61. The fourth-order valence-electron chi connectivity index (χ4n) is 2.36. The first-order chi connectivity index (χ1) is 7.99. The maximum atomic E-state index is 5.70. The van der Waals surface area contributed by atoms with Crippen molar-refractivity contribution in [1.82, 2.24) is 9.80 Å². The Morgan fingerprint density at radius 3 is 2.59 bits per heavy atom.